The van der Waals surface area contributed by atoms with Gasteiger partial charge in [0.05, 0.1) is 5.88 Å². The van der Waals surface area contributed by atoms with Gasteiger partial charge in [0.15, 0.2) is 0 Å². The molecule has 1 aromatic rings. The summed E-state index contributed by atoms with van der Waals surface area (Å²) in [4.78, 5) is 0. The predicted molar refractivity (Wildman–Crippen MR) is 49.0 cm³/mol. The second kappa shape index (κ2) is 4.84. The van der Waals surface area contributed by atoms with Crippen molar-refractivity contribution in [2.45, 2.75) is 6.43 Å². The Labute approximate surface area is 80.5 Å². The summed E-state index contributed by atoms with van der Waals surface area (Å²) in [6, 6.07) is 5.96. The number of hydrogen-bond donors (Lipinski definition) is 0. The van der Waals surface area contributed by atoms with Crippen LogP contribution in [0.15, 0.2) is 24.3 Å². The third-order valence-electron chi connectivity index (χ3n) is 1.44. The van der Waals surface area contributed by atoms with Gasteiger partial charge in [0.1, 0.15) is 0 Å². The Morgan fingerprint density at radius 1 is 1.38 bits per heavy atom. The first-order valence-electron chi connectivity index (χ1n) is 3.67. The van der Waals surface area contributed by atoms with Gasteiger partial charge in [-0.2, -0.15) is 0 Å². The van der Waals surface area contributed by atoms with E-state index in [1.807, 2.05) is 0 Å². The van der Waals surface area contributed by atoms with Crippen molar-refractivity contribution >= 4 is 11.6 Å². The molecule has 0 saturated heterocycles. The van der Waals surface area contributed by atoms with Crippen LogP contribution in [-0.4, -0.2) is 5.88 Å². The first-order valence-corrected chi connectivity index (χ1v) is 4.20. The van der Waals surface area contributed by atoms with Gasteiger partial charge in [0, 0.05) is 11.1 Å². The van der Waals surface area contributed by atoms with E-state index in [1.54, 1.807) is 12.1 Å². The molecule has 0 aliphatic rings. The van der Waals surface area contributed by atoms with Gasteiger partial charge in [-0.3, -0.25) is 0 Å². The largest absolute Gasteiger partial charge is 0.263 e. The summed E-state index contributed by atoms with van der Waals surface area (Å²) in [5.41, 5.74) is 0.555. The summed E-state index contributed by atoms with van der Waals surface area (Å²) in [7, 11) is 0. The number of rotatable bonds is 1. The Bertz CT molecular complexity index is 336. The van der Waals surface area contributed by atoms with Gasteiger partial charge >= 0.3 is 0 Å². The highest BCUT2D eigenvalue weighted by molar-refractivity contribution is 6.19. The topological polar surface area (TPSA) is 0 Å². The molecule has 0 aromatic heterocycles. The van der Waals surface area contributed by atoms with Crippen LogP contribution in [-0.2, 0) is 0 Å². The summed E-state index contributed by atoms with van der Waals surface area (Å²) >= 11 is 5.33. The molecule has 0 nitrogen and oxygen atoms in total. The molecule has 3 heteroatoms. The van der Waals surface area contributed by atoms with Gasteiger partial charge < -0.3 is 0 Å². The molecule has 0 bridgehead atoms. The number of hydrogen-bond acceptors (Lipinski definition) is 0. The van der Waals surface area contributed by atoms with E-state index >= 15 is 0 Å². The van der Waals surface area contributed by atoms with E-state index < -0.39 is 6.43 Å². The Morgan fingerprint density at radius 3 is 2.77 bits per heavy atom. The molecule has 0 heterocycles. The standard InChI is InChI=1S/C10H7ClF2/c11-6-2-4-8-3-1-5-9(7-8)10(12)13/h1,3,5,7,10H,6H2. The fourth-order valence-electron chi connectivity index (χ4n) is 0.888. The lowest BCUT2D eigenvalue weighted by atomic mass is 10.1. The van der Waals surface area contributed by atoms with Crippen molar-refractivity contribution in [1.29, 1.82) is 0 Å². The molecule has 0 N–H and O–H groups in total. The van der Waals surface area contributed by atoms with Crippen molar-refractivity contribution in [3.05, 3.63) is 35.4 Å². The highest BCUT2D eigenvalue weighted by Crippen LogP contribution is 2.18. The Hall–Kier alpha value is -1.07. The Balaban J connectivity index is 2.92. The monoisotopic (exact) mass is 200 g/mol. The molecular weight excluding hydrogens is 194 g/mol. The first-order chi connectivity index (χ1) is 6.24. The SMILES string of the molecule is FC(F)c1cccc(C#CCCl)c1. The maximum atomic E-state index is 12.2. The van der Waals surface area contributed by atoms with E-state index in [4.69, 9.17) is 11.6 Å². The van der Waals surface area contributed by atoms with E-state index in [1.165, 1.54) is 12.1 Å². The summed E-state index contributed by atoms with van der Waals surface area (Å²) in [6.07, 6.45) is -2.45. The molecule has 1 rings (SSSR count). The first kappa shape index (κ1) is 10.0. The molecule has 0 aliphatic heterocycles. The third kappa shape index (κ3) is 3.04. The van der Waals surface area contributed by atoms with Gasteiger partial charge in [-0.1, -0.05) is 24.0 Å². The van der Waals surface area contributed by atoms with E-state index in [-0.39, 0.29) is 11.4 Å². The molecule has 13 heavy (non-hydrogen) atoms. The second-order valence-corrected chi connectivity index (χ2v) is 2.63. The molecule has 0 atom stereocenters. The summed E-state index contributed by atoms with van der Waals surface area (Å²) < 4.78 is 24.4. The van der Waals surface area contributed by atoms with E-state index in [0.29, 0.717) is 5.56 Å². The maximum Gasteiger partial charge on any atom is 0.263 e. The Kier molecular flexibility index (Phi) is 3.72. The van der Waals surface area contributed by atoms with Crippen molar-refractivity contribution in [2.75, 3.05) is 5.88 Å². The minimum absolute atomic E-state index is 0.0126. The van der Waals surface area contributed by atoms with Crippen LogP contribution < -0.4 is 0 Å². The third-order valence-corrected chi connectivity index (χ3v) is 1.57. The van der Waals surface area contributed by atoms with Gasteiger partial charge in [-0.05, 0) is 12.1 Å². The fraction of sp³-hybridized carbons (Fsp3) is 0.200. The van der Waals surface area contributed by atoms with Crippen LogP contribution >= 0.6 is 11.6 Å². The minimum Gasteiger partial charge on any atom is -0.205 e. The van der Waals surface area contributed by atoms with Gasteiger partial charge in [0.2, 0.25) is 0 Å². The lowest BCUT2D eigenvalue weighted by Crippen LogP contribution is -1.84. The highest BCUT2D eigenvalue weighted by Gasteiger charge is 2.05. The van der Waals surface area contributed by atoms with Crippen LogP contribution in [0.3, 0.4) is 0 Å². The average Bonchev–Trinajstić information content (AvgIpc) is 2.15. The molecule has 1 aromatic carbocycles. The Morgan fingerprint density at radius 2 is 2.15 bits per heavy atom. The zero-order chi connectivity index (χ0) is 9.68. The average molecular weight is 201 g/mol. The molecule has 0 saturated carbocycles. The highest BCUT2D eigenvalue weighted by atomic mass is 35.5. The lowest BCUT2D eigenvalue weighted by molar-refractivity contribution is 0.151. The van der Waals surface area contributed by atoms with Crippen molar-refractivity contribution in [3.63, 3.8) is 0 Å². The van der Waals surface area contributed by atoms with Crippen LogP contribution in [0, 0.1) is 11.8 Å². The molecule has 0 unspecified atom stereocenters. The van der Waals surface area contributed by atoms with Crippen LogP contribution in [0.4, 0.5) is 8.78 Å². The van der Waals surface area contributed by atoms with E-state index in [0.717, 1.165) is 0 Å². The molecule has 0 radical (unpaired) electrons. The number of alkyl halides is 3. The zero-order valence-corrected chi connectivity index (χ0v) is 7.48. The molecule has 68 valence electrons. The smallest absolute Gasteiger partial charge is 0.205 e. The number of halogens is 3. The molecule has 0 amide bonds. The second-order valence-electron chi connectivity index (χ2n) is 2.36. The zero-order valence-electron chi connectivity index (χ0n) is 6.73. The van der Waals surface area contributed by atoms with Crippen molar-refractivity contribution in [1.82, 2.24) is 0 Å². The van der Waals surface area contributed by atoms with Crippen molar-refractivity contribution < 1.29 is 8.78 Å². The maximum absolute atomic E-state index is 12.2. The van der Waals surface area contributed by atoms with Crippen molar-refractivity contribution in [2.24, 2.45) is 0 Å². The van der Waals surface area contributed by atoms with Gasteiger partial charge in [-0.15, -0.1) is 11.6 Å². The normalized spacial score (nSPS) is 9.54. The minimum atomic E-state index is -2.45. The molecular formula is C10H7ClF2. The van der Waals surface area contributed by atoms with Gasteiger partial charge in [0.25, 0.3) is 6.43 Å². The van der Waals surface area contributed by atoms with Crippen LogP contribution in [0.1, 0.15) is 17.6 Å². The van der Waals surface area contributed by atoms with Crippen LogP contribution in [0.2, 0.25) is 0 Å². The summed E-state index contributed by atoms with van der Waals surface area (Å²) in [6.45, 7) is 0. The summed E-state index contributed by atoms with van der Waals surface area (Å²) in [5.74, 6) is 5.48. The molecule has 0 aliphatic carbocycles. The molecule has 0 fully saturated rings. The summed E-state index contributed by atoms with van der Waals surface area (Å²) in [5, 5.41) is 0. The number of benzene rings is 1. The predicted octanol–water partition coefficient (Wildman–Crippen LogP) is 3.21. The van der Waals surface area contributed by atoms with Crippen LogP contribution in [0.5, 0.6) is 0 Å². The van der Waals surface area contributed by atoms with Crippen LogP contribution in [0.25, 0.3) is 0 Å². The lowest BCUT2D eigenvalue weighted by Gasteiger charge is -1.98. The van der Waals surface area contributed by atoms with Gasteiger partial charge in [-0.25, -0.2) is 8.78 Å². The fourth-order valence-corrected chi connectivity index (χ4v) is 0.954. The van der Waals surface area contributed by atoms with E-state index in [2.05, 4.69) is 11.8 Å². The molecule has 0 spiro atoms. The quantitative estimate of drug-likeness (QED) is 0.482. The van der Waals surface area contributed by atoms with E-state index in [9.17, 15) is 8.78 Å². The van der Waals surface area contributed by atoms with Crippen molar-refractivity contribution in [3.8, 4) is 11.8 Å².